The molecule has 6 nitrogen and oxygen atoms in total. The molecule has 0 radical (unpaired) electrons. The molecule has 4 N–H and O–H groups in total. The standard InChI is InChI=1S/C28H36N4O2/c33-25(29-16-21-7-3-1-4-8-21)31-19-27-12-23-11-24(13-27)15-28(14-23,18-27)20-32-26(34)30-17-22-9-5-2-6-10-22/h1-10,23-24H,11-20H2,(H2,29,31,33)(H2,30,32,34). The van der Waals surface area contributed by atoms with Crippen LogP contribution in [0, 0.1) is 22.7 Å². The molecule has 180 valence electrons. The van der Waals surface area contributed by atoms with Gasteiger partial charge in [-0.15, -0.1) is 0 Å². The molecule has 4 fully saturated rings. The number of carbonyl (C=O) groups is 2. The molecule has 0 saturated heterocycles. The molecule has 0 heterocycles. The summed E-state index contributed by atoms with van der Waals surface area (Å²) in [7, 11) is 0. The number of hydrogen-bond acceptors (Lipinski definition) is 2. The molecule has 6 rings (SSSR count). The normalized spacial score (nSPS) is 28.8. The Morgan fingerprint density at radius 2 is 1.06 bits per heavy atom. The van der Waals surface area contributed by atoms with Gasteiger partial charge in [0.1, 0.15) is 0 Å². The van der Waals surface area contributed by atoms with Gasteiger partial charge < -0.3 is 21.3 Å². The zero-order chi connectivity index (χ0) is 23.4. The van der Waals surface area contributed by atoms with Crippen molar-refractivity contribution in [2.75, 3.05) is 13.1 Å². The van der Waals surface area contributed by atoms with Crippen molar-refractivity contribution >= 4 is 12.1 Å². The van der Waals surface area contributed by atoms with Gasteiger partial charge in [0.2, 0.25) is 0 Å². The number of amides is 4. The van der Waals surface area contributed by atoms with E-state index in [0.29, 0.717) is 24.9 Å². The summed E-state index contributed by atoms with van der Waals surface area (Å²) in [6.07, 6.45) is 7.19. The van der Waals surface area contributed by atoms with Gasteiger partial charge in [0.05, 0.1) is 0 Å². The van der Waals surface area contributed by atoms with E-state index in [1.807, 2.05) is 60.7 Å². The van der Waals surface area contributed by atoms with Crippen molar-refractivity contribution in [2.45, 2.75) is 51.6 Å². The number of rotatable bonds is 8. The van der Waals surface area contributed by atoms with Crippen molar-refractivity contribution in [1.29, 1.82) is 0 Å². The third kappa shape index (κ3) is 5.37. The van der Waals surface area contributed by atoms with Crippen molar-refractivity contribution < 1.29 is 9.59 Å². The minimum Gasteiger partial charge on any atom is -0.338 e. The van der Waals surface area contributed by atoms with Crippen molar-refractivity contribution in [3.05, 3.63) is 71.8 Å². The summed E-state index contributed by atoms with van der Waals surface area (Å²) < 4.78 is 0. The largest absolute Gasteiger partial charge is 0.338 e. The Morgan fingerprint density at radius 3 is 1.47 bits per heavy atom. The molecule has 0 aliphatic heterocycles. The zero-order valence-corrected chi connectivity index (χ0v) is 19.8. The lowest BCUT2D eigenvalue weighted by molar-refractivity contribution is -0.105. The zero-order valence-electron chi connectivity index (χ0n) is 19.8. The fourth-order valence-corrected chi connectivity index (χ4v) is 7.28. The molecule has 4 aliphatic carbocycles. The predicted octanol–water partition coefficient (Wildman–Crippen LogP) is 4.57. The Bertz CT molecular complexity index is 902. The fraction of sp³-hybridized carbons (Fsp3) is 0.500. The number of hydrogen-bond donors (Lipinski definition) is 4. The first kappa shape index (κ1) is 22.8. The molecule has 0 spiro atoms. The van der Waals surface area contributed by atoms with Crippen LogP contribution >= 0.6 is 0 Å². The van der Waals surface area contributed by atoms with E-state index in [9.17, 15) is 9.59 Å². The summed E-state index contributed by atoms with van der Waals surface area (Å²) in [5, 5.41) is 12.3. The molecule has 0 aromatic heterocycles. The highest BCUT2D eigenvalue weighted by Crippen LogP contribution is 2.64. The van der Waals surface area contributed by atoms with E-state index < -0.39 is 0 Å². The number of carbonyl (C=O) groups excluding carboxylic acids is 2. The van der Waals surface area contributed by atoms with E-state index in [1.165, 1.54) is 32.1 Å². The average molecular weight is 461 g/mol. The monoisotopic (exact) mass is 460 g/mol. The van der Waals surface area contributed by atoms with Gasteiger partial charge in [-0.25, -0.2) is 9.59 Å². The molecular weight excluding hydrogens is 424 g/mol. The smallest absolute Gasteiger partial charge is 0.315 e. The minimum absolute atomic E-state index is 0.0907. The van der Waals surface area contributed by atoms with Crippen molar-refractivity contribution in [1.82, 2.24) is 21.3 Å². The Morgan fingerprint density at radius 1 is 0.647 bits per heavy atom. The van der Waals surface area contributed by atoms with E-state index in [2.05, 4.69) is 21.3 Å². The number of nitrogens with one attached hydrogen (secondary N) is 4. The Hall–Kier alpha value is -3.02. The lowest BCUT2D eigenvalue weighted by atomic mass is 9.44. The van der Waals surface area contributed by atoms with Gasteiger partial charge in [-0.1, -0.05) is 60.7 Å². The first-order valence-electron chi connectivity index (χ1n) is 12.6. The third-order valence-corrected chi connectivity index (χ3v) is 8.14. The lowest BCUT2D eigenvalue weighted by Gasteiger charge is -2.62. The number of urea groups is 2. The molecule has 4 saturated carbocycles. The topological polar surface area (TPSA) is 82.3 Å². The summed E-state index contributed by atoms with van der Waals surface area (Å²) in [6.45, 7) is 2.53. The Kier molecular flexibility index (Phi) is 6.48. The average Bonchev–Trinajstić information content (AvgIpc) is 2.84. The van der Waals surface area contributed by atoms with E-state index in [1.54, 1.807) is 0 Å². The van der Waals surface area contributed by atoms with Gasteiger partial charge in [-0.05, 0) is 72.3 Å². The maximum atomic E-state index is 12.5. The van der Waals surface area contributed by atoms with Gasteiger partial charge in [0, 0.05) is 26.2 Å². The second-order valence-electron chi connectivity index (χ2n) is 11.0. The first-order valence-corrected chi connectivity index (χ1v) is 12.6. The second kappa shape index (κ2) is 9.69. The molecule has 2 aromatic rings. The Balaban J connectivity index is 1.13. The van der Waals surface area contributed by atoms with Crippen LogP contribution in [0.5, 0.6) is 0 Å². The quantitative estimate of drug-likeness (QED) is 0.465. The summed E-state index contributed by atoms with van der Waals surface area (Å²) >= 11 is 0. The molecule has 4 aliphatic rings. The van der Waals surface area contributed by atoms with E-state index in [4.69, 9.17) is 0 Å². The molecule has 6 heteroatoms. The minimum atomic E-state index is -0.0907. The van der Waals surface area contributed by atoms with Crippen molar-refractivity contribution in [2.24, 2.45) is 22.7 Å². The number of benzene rings is 2. The van der Waals surface area contributed by atoms with Gasteiger partial charge in [-0.2, -0.15) is 0 Å². The van der Waals surface area contributed by atoms with Crippen LogP contribution in [0.4, 0.5) is 9.59 Å². The van der Waals surface area contributed by atoms with Crippen molar-refractivity contribution in [3.63, 3.8) is 0 Å². The van der Waals surface area contributed by atoms with E-state index >= 15 is 0 Å². The van der Waals surface area contributed by atoms with Crippen LogP contribution in [0.2, 0.25) is 0 Å². The van der Waals surface area contributed by atoms with Gasteiger partial charge in [0.15, 0.2) is 0 Å². The molecule has 4 bridgehead atoms. The van der Waals surface area contributed by atoms with Crippen LogP contribution in [0.3, 0.4) is 0 Å². The molecule has 34 heavy (non-hydrogen) atoms. The second-order valence-corrected chi connectivity index (χ2v) is 11.0. The summed E-state index contributed by atoms with van der Waals surface area (Å²) in [6, 6.07) is 19.8. The molecule has 4 amide bonds. The summed E-state index contributed by atoms with van der Waals surface area (Å²) in [4.78, 5) is 25.0. The predicted molar refractivity (Wildman–Crippen MR) is 133 cm³/mol. The van der Waals surface area contributed by atoms with Gasteiger partial charge >= 0.3 is 12.1 Å². The first-order chi connectivity index (χ1) is 16.5. The highest BCUT2D eigenvalue weighted by Gasteiger charge is 2.57. The highest BCUT2D eigenvalue weighted by molar-refractivity contribution is 5.74. The molecule has 0 atom stereocenters. The summed E-state index contributed by atoms with van der Waals surface area (Å²) in [5.41, 5.74) is 2.53. The molecule has 2 aromatic carbocycles. The SMILES string of the molecule is O=C(NCc1ccccc1)NCC12CC3CC(C1)CC(CNC(=O)NCc1ccccc1)(C3)C2. The lowest BCUT2D eigenvalue weighted by Crippen LogP contribution is -2.59. The maximum absolute atomic E-state index is 12.5. The van der Waals surface area contributed by atoms with Crippen LogP contribution in [-0.2, 0) is 13.1 Å². The van der Waals surface area contributed by atoms with Crippen LogP contribution in [0.1, 0.15) is 49.7 Å². The van der Waals surface area contributed by atoms with Gasteiger partial charge in [0.25, 0.3) is 0 Å². The van der Waals surface area contributed by atoms with Crippen LogP contribution in [-0.4, -0.2) is 25.2 Å². The maximum Gasteiger partial charge on any atom is 0.315 e. The van der Waals surface area contributed by atoms with Crippen LogP contribution in [0.25, 0.3) is 0 Å². The Labute approximate surface area is 202 Å². The van der Waals surface area contributed by atoms with Crippen molar-refractivity contribution in [3.8, 4) is 0 Å². The fourth-order valence-electron chi connectivity index (χ4n) is 7.28. The van der Waals surface area contributed by atoms with Crippen LogP contribution < -0.4 is 21.3 Å². The van der Waals surface area contributed by atoms with E-state index in [0.717, 1.165) is 30.6 Å². The van der Waals surface area contributed by atoms with E-state index in [-0.39, 0.29) is 22.9 Å². The highest BCUT2D eigenvalue weighted by atomic mass is 16.2. The van der Waals surface area contributed by atoms with Crippen LogP contribution in [0.15, 0.2) is 60.7 Å². The summed E-state index contributed by atoms with van der Waals surface area (Å²) in [5.74, 6) is 1.43. The third-order valence-electron chi connectivity index (χ3n) is 8.14. The molecule has 0 unspecified atom stereocenters. The van der Waals surface area contributed by atoms with Gasteiger partial charge in [-0.3, -0.25) is 0 Å². The molecular formula is C28H36N4O2.